The van der Waals surface area contributed by atoms with Crippen molar-refractivity contribution in [2.24, 2.45) is 0 Å². The predicted molar refractivity (Wildman–Crippen MR) is 76.7 cm³/mol. The van der Waals surface area contributed by atoms with E-state index in [1.807, 2.05) is 52.8 Å². The highest BCUT2D eigenvalue weighted by Gasteiger charge is 2.52. The molecular formula is C15H21BO3. The number of benzene rings is 1. The first kappa shape index (κ1) is 14.3. The molecule has 0 saturated carbocycles. The number of hydrogen-bond donors (Lipinski definition) is 0. The predicted octanol–water partition coefficient (Wildman–Crippen LogP) is 2.04. The van der Waals surface area contributed by atoms with E-state index in [-0.39, 0.29) is 11.2 Å². The van der Waals surface area contributed by atoms with Crippen molar-refractivity contribution in [2.45, 2.75) is 52.2 Å². The van der Waals surface area contributed by atoms with Gasteiger partial charge in [0, 0.05) is 6.42 Å². The summed E-state index contributed by atoms with van der Waals surface area (Å²) in [6, 6.07) is 5.96. The summed E-state index contributed by atoms with van der Waals surface area (Å²) in [5, 5.41) is 0. The summed E-state index contributed by atoms with van der Waals surface area (Å²) < 4.78 is 12.1. The van der Waals surface area contributed by atoms with Gasteiger partial charge in [0.05, 0.1) is 11.2 Å². The molecule has 0 spiro atoms. The molecule has 1 heterocycles. The van der Waals surface area contributed by atoms with Gasteiger partial charge in [-0.2, -0.15) is 0 Å². The second kappa shape index (κ2) is 4.76. The maximum absolute atomic E-state index is 10.9. The second-order valence-electron chi connectivity index (χ2n) is 6.10. The van der Waals surface area contributed by atoms with Crippen molar-refractivity contribution in [2.75, 3.05) is 0 Å². The average Bonchev–Trinajstić information content (AvgIpc) is 2.51. The average molecular weight is 260 g/mol. The van der Waals surface area contributed by atoms with E-state index in [4.69, 9.17) is 9.31 Å². The highest BCUT2D eigenvalue weighted by molar-refractivity contribution is 6.62. The molecule has 1 fully saturated rings. The molecule has 0 atom stereocenters. The quantitative estimate of drug-likeness (QED) is 0.616. The van der Waals surface area contributed by atoms with E-state index in [0.717, 1.165) is 22.9 Å². The van der Waals surface area contributed by atoms with Crippen LogP contribution in [0.2, 0.25) is 0 Å². The molecule has 0 amide bonds. The van der Waals surface area contributed by atoms with E-state index < -0.39 is 7.12 Å². The van der Waals surface area contributed by atoms with Crippen molar-refractivity contribution < 1.29 is 14.1 Å². The zero-order valence-electron chi connectivity index (χ0n) is 12.3. The van der Waals surface area contributed by atoms with Gasteiger partial charge in [-0.25, -0.2) is 0 Å². The zero-order valence-corrected chi connectivity index (χ0v) is 12.3. The molecule has 0 bridgehead atoms. The van der Waals surface area contributed by atoms with Crippen LogP contribution in [0.1, 0.15) is 38.8 Å². The van der Waals surface area contributed by atoms with Crippen LogP contribution in [0.25, 0.3) is 0 Å². The molecule has 4 heteroatoms. The van der Waals surface area contributed by atoms with Gasteiger partial charge in [-0.05, 0) is 51.2 Å². The van der Waals surface area contributed by atoms with E-state index in [1.165, 1.54) is 0 Å². The lowest BCUT2D eigenvalue weighted by molar-refractivity contribution is -0.107. The Hall–Kier alpha value is -1.13. The number of hydrogen-bond acceptors (Lipinski definition) is 3. The zero-order chi connectivity index (χ0) is 14.3. The van der Waals surface area contributed by atoms with E-state index in [0.29, 0.717) is 6.42 Å². The van der Waals surface area contributed by atoms with Gasteiger partial charge in [0.1, 0.15) is 6.29 Å². The van der Waals surface area contributed by atoms with Crippen LogP contribution in [0.3, 0.4) is 0 Å². The maximum atomic E-state index is 10.9. The fourth-order valence-corrected chi connectivity index (χ4v) is 2.28. The molecule has 102 valence electrons. The van der Waals surface area contributed by atoms with Gasteiger partial charge in [0.15, 0.2) is 0 Å². The van der Waals surface area contributed by atoms with Crippen LogP contribution in [-0.2, 0) is 20.5 Å². The van der Waals surface area contributed by atoms with Crippen LogP contribution in [0.4, 0.5) is 0 Å². The fourth-order valence-electron chi connectivity index (χ4n) is 2.28. The van der Waals surface area contributed by atoms with E-state index in [9.17, 15) is 4.79 Å². The van der Waals surface area contributed by atoms with Crippen LogP contribution in [0.15, 0.2) is 18.2 Å². The van der Waals surface area contributed by atoms with Crippen LogP contribution in [0, 0.1) is 6.92 Å². The van der Waals surface area contributed by atoms with Crippen LogP contribution >= 0.6 is 0 Å². The van der Waals surface area contributed by atoms with Crippen LogP contribution in [-0.4, -0.2) is 24.6 Å². The molecule has 19 heavy (non-hydrogen) atoms. The Labute approximate surface area is 115 Å². The minimum atomic E-state index is -0.403. The minimum absolute atomic E-state index is 0.361. The third kappa shape index (κ3) is 2.47. The molecule has 0 unspecified atom stereocenters. The lowest BCUT2D eigenvalue weighted by atomic mass is 9.74. The Morgan fingerprint density at radius 2 is 1.74 bits per heavy atom. The molecule has 2 rings (SSSR count). The van der Waals surface area contributed by atoms with Crippen molar-refractivity contribution in [1.29, 1.82) is 0 Å². The van der Waals surface area contributed by atoms with Crippen LogP contribution in [0.5, 0.6) is 0 Å². The number of aryl methyl sites for hydroxylation is 1. The summed E-state index contributed by atoms with van der Waals surface area (Å²) in [6.07, 6.45) is 1.32. The summed E-state index contributed by atoms with van der Waals surface area (Å²) in [5.41, 5.74) is 2.35. The lowest BCUT2D eigenvalue weighted by Gasteiger charge is -2.32. The Balaban J connectivity index is 2.39. The first-order valence-electron chi connectivity index (χ1n) is 6.66. The first-order valence-corrected chi connectivity index (χ1v) is 6.66. The maximum Gasteiger partial charge on any atom is 0.495 e. The number of carbonyl (C=O) groups is 1. The largest absolute Gasteiger partial charge is 0.495 e. The molecule has 1 aliphatic rings. The highest BCUT2D eigenvalue weighted by atomic mass is 16.7. The van der Waals surface area contributed by atoms with E-state index >= 15 is 0 Å². The molecule has 1 aromatic rings. The van der Waals surface area contributed by atoms with Gasteiger partial charge in [0.25, 0.3) is 0 Å². The third-order valence-corrected chi connectivity index (χ3v) is 4.24. The molecule has 0 radical (unpaired) electrons. The molecule has 0 aliphatic carbocycles. The van der Waals surface area contributed by atoms with Gasteiger partial charge >= 0.3 is 7.12 Å². The van der Waals surface area contributed by atoms with Crippen molar-refractivity contribution in [1.82, 2.24) is 0 Å². The first-order chi connectivity index (χ1) is 8.78. The molecule has 1 aromatic carbocycles. The van der Waals surface area contributed by atoms with Crippen molar-refractivity contribution in [3.63, 3.8) is 0 Å². The van der Waals surface area contributed by atoms with Gasteiger partial charge in [-0.3, -0.25) is 0 Å². The molecule has 0 N–H and O–H groups in total. The smallest absolute Gasteiger partial charge is 0.399 e. The Morgan fingerprint density at radius 3 is 2.26 bits per heavy atom. The SMILES string of the molecule is Cc1cccc(B2OC(C)(C)C(C)(C)O2)c1CC=O. The monoisotopic (exact) mass is 260 g/mol. The van der Waals surface area contributed by atoms with Crippen molar-refractivity contribution in [3.8, 4) is 0 Å². The third-order valence-electron chi connectivity index (χ3n) is 4.24. The summed E-state index contributed by atoms with van der Waals surface area (Å²) >= 11 is 0. The normalized spacial score (nSPS) is 20.6. The summed E-state index contributed by atoms with van der Waals surface area (Å²) in [5.74, 6) is 0. The lowest BCUT2D eigenvalue weighted by Crippen LogP contribution is -2.41. The minimum Gasteiger partial charge on any atom is -0.399 e. The van der Waals surface area contributed by atoms with Gasteiger partial charge in [0.2, 0.25) is 0 Å². The number of carbonyl (C=O) groups excluding carboxylic acids is 1. The topological polar surface area (TPSA) is 35.5 Å². The number of aldehydes is 1. The highest BCUT2D eigenvalue weighted by Crippen LogP contribution is 2.36. The molecule has 0 aromatic heterocycles. The molecule has 3 nitrogen and oxygen atoms in total. The summed E-state index contributed by atoms with van der Waals surface area (Å²) in [6.45, 7) is 10.1. The Bertz CT molecular complexity index is 478. The van der Waals surface area contributed by atoms with E-state index in [2.05, 4.69) is 0 Å². The van der Waals surface area contributed by atoms with Crippen molar-refractivity contribution in [3.05, 3.63) is 29.3 Å². The Morgan fingerprint density at radius 1 is 1.16 bits per heavy atom. The van der Waals surface area contributed by atoms with Gasteiger partial charge in [-0.1, -0.05) is 18.2 Å². The standard InChI is InChI=1S/C15H21BO3/c1-11-7-6-8-13(12(11)9-10-17)16-18-14(2,3)15(4,5)19-16/h6-8,10H,9H2,1-5H3. The summed E-state index contributed by atoms with van der Waals surface area (Å²) in [7, 11) is -0.403. The second-order valence-corrected chi connectivity index (χ2v) is 6.10. The Kier molecular flexibility index (Phi) is 3.58. The number of rotatable bonds is 3. The summed E-state index contributed by atoms with van der Waals surface area (Å²) in [4.78, 5) is 10.9. The fraction of sp³-hybridized carbons (Fsp3) is 0.533. The van der Waals surface area contributed by atoms with Gasteiger partial charge in [-0.15, -0.1) is 0 Å². The molecule has 1 saturated heterocycles. The van der Waals surface area contributed by atoms with E-state index in [1.54, 1.807) is 0 Å². The molecular weight excluding hydrogens is 239 g/mol. The molecule has 1 aliphatic heterocycles. The van der Waals surface area contributed by atoms with Gasteiger partial charge < -0.3 is 14.1 Å². The van der Waals surface area contributed by atoms with Crippen molar-refractivity contribution >= 4 is 18.9 Å². The van der Waals surface area contributed by atoms with Crippen LogP contribution < -0.4 is 5.46 Å².